The Bertz CT molecular complexity index is 1060. The summed E-state index contributed by atoms with van der Waals surface area (Å²) in [6.07, 6.45) is 0.262. The van der Waals surface area contributed by atoms with Crippen LogP contribution >= 0.6 is 15.9 Å². The lowest BCUT2D eigenvalue weighted by Gasteiger charge is -2.22. The summed E-state index contributed by atoms with van der Waals surface area (Å²) >= 11 is 3.37. The minimum atomic E-state index is -1.15. The Kier molecular flexibility index (Phi) is 5.15. The fraction of sp³-hybridized carbons (Fsp3) is 0.286. The predicted molar refractivity (Wildman–Crippen MR) is 112 cm³/mol. The lowest BCUT2D eigenvalue weighted by atomic mass is 9.92. The number of benzene rings is 2. The molecule has 0 spiro atoms. The van der Waals surface area contributed by atoms with Gasteiger partial charge in [-0.3, -0.25) is 14.5 Å². The molecule has 2 aliphatic heterocycles. The van der Waals surface area contributed by atoms with Gasteiger partial charge in [-0.2, -0.15) is 0 Å². The first-order valence-corrected chi connectivity index (χ1v) is 10.1. The van der Waals surface area contributed by atoms with Gasteiger partial charge in [-0.1, -0.05) is 22.0 Å². The fourth-order valence-electron chi connectivity index (χ4n) is 3.57. The number of anilines is 1. The Morgan fingerprint density at radius 2 is 1.97 bits per heavy atom. The largest absolute Gasteiger partial charge is 0.454 e. The van der Waals surface area contributed by atoms with Gasteiger partial charge in [0.05, 0.1) is 0 Å². The van der Waals surface area contributed by atoms with Crippen LogP contribution in [-0.4, -0.2) is 41.6 Å². The number of carbonyl (C=O) groups excluding carboxylic acids is 3. The van der Waals surface area contributed by atoms with Crippen LogP contribution in [0.3, 0.4) is 0 Å². The van der Waals surface area contributed by atoms with Crippen molar-refractivity contribution in [1.29, 1.82) is 0 Å². The summed E-state index contributed by atoms with van der Waals surface area (Å²) in [5.41, 5.74) is 1.15. The minimum Gasteiger partial charge on any atom is -0.454 e. The third-order valence-corrected chi connectivity index (χ3v) is 5.60. The monoisotopic (exact) mass is 473 g/mol. The second-order valence-corrected chi connectivity index (χ2v) is 8.44. The Morgan fingerprint density at radius 3 is 2.73 bits per heavy atom. The van der Waals surface area contributed by atoms with Crippen LogP contribution < -0.4 is 20.1 Å². The number of hydrogen-bond acceptors (Lipinski definition) is 5. The number of aryl methyl sites for hydroxylation is 1. The van der Waals surface area contributed by atoms with Crippen LogP contribution in [0.1, 0.15) is 18.1 Å². The Labute approximate surface area is 181 Å². The van der Waals surface area contributed by atoms with Crippen molar-refractivity contribution in [2.75, 3.05) is 18.7 Å². The maximum Gasteiger partial charge on any atom is 0.325 e. The van der Waals surface area contributed by atoms with Crippen LogP contribution in [0.15, 0.2) is 40.9 Å². The number of amides is 4. The second-order valence-electron chi connectivity index (χ2n) is 7.53. The van der Waals surface area contributed by atoms with Crippen molar-refractivity contribution < 1.29 is 23.9 Å². The molecular formula is C21H20BrN3O5. The molecule has 1 atom stereocenters. The van der Waals surface area contributed by atoms with E-state index in [2.05, 4.69) is 26.6 Å². The number of fused-ring (bicyclic) bond motifs is 1. The number of rotatable bonds is 5. The van der Waals surface area contributed by atoms with Crippen molar-refractivity contribution >= 4 is 39.5 Å². The molecule has 156 valence electrons. The molecule has 2 aromatic carbocycles. The van der Waals surface area contributed by atoms with Crippen LogP contribution in [-0.2, 0) is 16.0 Å². The maximum atomic E-state index is 13.0. The molecule has 2 aromatic rings. The standard InChI is InChI=1S/C21H20BrN3O5/c1-12-7-14(22)4-5-15(12)23-18(26)10-25-19(27)21(2,24-20(25)28)9-13-3-6-16-17(8-13)30-11-29-16/h3-8H,9-11H2,1-2H3,(H,23,26)(H,24,28). The first kappa shape index (κ1) is 20.2. The first-order valence-electron chi connectivity index (χ1n) is 9.34. The van der Waals surface area contributed by atoms with Crippen LogP contribution in [0.2, 0.25) is 0 Å². The van der Waals surface area contributed by atoms with Gasteiger partial charge in [-0.15, -0.1) is 0 Å². The molecular weight excluding hydrogens is 454 g/mol. The summed E-state index contributed by atoms with van der Waals surface area (Å²) < 4.78 is 11.6. The normalized spacial score (nSPS) is 19.8. The van der Waals surface area contributed by atoms with Gasteiger partial charge in [-0.25, -0.2) is 4.79 Å². The number of urea groups is 1. The molecule has 1 unspecified atom stereocenters. The highest BCUT2D eigenvalue weighted by atomic mass is 79.9. The molecule has 1 saturated heterocycles. The van der Waals surface area contributed by atoms with Crippen molar-refractivity contribution in [1.82, 2.24) is 10.2 Å². The fourth-order valence-corrected chi connectivity index (χ4v) is 4.05. The second kappa shape index (κ2) is 7.64. The van der Waals surface area contributed by atoms with Gasteiger partial charge in [0.15, 0.2) is 11.5 Å². The molecule has 4 amide bonds. The predicted octanol–water partition coefficient (Wildman–Crippen LogP) is 2.98. The highest BCUT2D eigenvalue weighted by Crippen LogP contribution is 2.34. The van der Waals surface area contributed by atoms with E-state index in [0.29, 0.717) is 17.2 Å². The van der Waals surface area contributed by atoms with Crippen molar-refractivity contribution in [2.24, 2.45) is 0 Å². The third-order valence-electron chi connectivity index (χ3n) is 5.10. The van der Waals surface area contributed by atoms with E-state index in [4.69, 9.17) is 9.47 Å². The van der Waals surface area contributed by atoms with Gasteiger partial charge < -0.3 is 20.1 Å². The summed E-state index contributed by atoms with van der Waals surface area (Å²) in [6.45, 7) is 3.30. The van der Waals surface area contributed by atoms with E-state index in [1.54, 1.807) is 31.2 Å². The van der Waals surface area contributed by atoms with Gasteiger partial charge >= 0.3 is 6.03 Å². The van der Waals surface area contributed by atoms with E-state index in [-0.39, 0.29) is 19.8 Å². The maximum absolute atomic E-state index is 13.0. The van der Waals surface area contributed by atoms with Crippen molar-refractivity contribution in [3.63, 3.8) is 0 Å². The summed E-state index contributed by atoms with van der Waals surface area (Å²) in [4.78, 5) is 38.8. The van der Waals surface area contributed by atoms with E-state index in [9.17, 15) is 14.4 Å². The lowest BCUT2D eigenvalue weighted by molar-refractivity contribution is -0.133. The van der Waals surface area contributed by atoms with E-state index in [0.717, 1.165) is 20.5 Å². The lowest BCUT2D eigenvalue weighted by Crippen LogP contribution is -2.46. The van der Waals surface area contributed by atoms with Gasteiger partial charge in [-0.05, 0) is 55.3 Å². The number of halogens is 1. The molecule has 30 heavy (non-hydrogen) atoms. The number of carbonyl (C=O) groups is 3. The van der Waals surface area contributed by atoms with Gasteiger partial charge in [0.25, 0.3) is 5.91 Å². The van der Waals surface area contributed by atoms with Gasteiger partial charge in [0.1, 0.15) is 12.1 Å². The summed E-state index contributed by atoms with van der Waals surface area (Å²) in [5, 5.41) is 5.46. The average molecular weight is 474 g/mol. The molecule has 0 bridgehead atoms. The minimum absolute atomic E-state index is 0.159. The zero-order valence-corrected chi connectivity index (χ0v) is 18.0. The van der Waals surface area contributed by atoms with Crippen LogP contribution in [0.4, 0.5) is 10.5 Å². The number of ether oxygens (including phenoxy) is 2. The van der Waals surface area contributed by atoms with Crippen molar-refractivity contribution in [3.05, 3.63) is 52.0 Å². The Hall–Kier alpha value is -3.07. The molecule has 2 aliphatic rings. The van der Waals surface area contributed by atoms with Gasteiger partial charge in [0, 0.05) is 16.6 Å². The number of hydrogen-bond donors (Lipinski definition) is 2. The molecule has 2 N–H and O–H groups in total. The molecule has 0 saturated carbocycles. The summed E-state index contributed by atoms with van der Waals surface area (Å²) in [6, 6.07) is 10.2. The SMILES string of the molecule is Cc1cc(Br)ccc1NC(=O)CN1C(=O)NC(C)(Cc2ccc3c(c2)OCO3)C1=O. The van der Waals surface area contributed by atoms with Crippen molar-refractivity contribution in [3.8, 4) is 11.5 Å². The molecule has 8 nitrogen and oxygen atoms in total. The number of nitrogens with zero attached hydrogens (tertiary/aromatic N) is 1. The molecule has 2 heterocycles. The average Bonchev–Trinajstić information content (AvgIpc) is 3.22. The topological polar surface area (TPSA) is 97.0 Å². The van der Waals surface area contributed by atoms with Gasteiger partial charge in [0.2, 0.25) is 12.7 Å². The molecule has 9 heteroatoms. The highest BCUT2D eigenvalue weighted by molar-refractivity contribution is 9.10. The zero-order valence-electron chi connectivity index (χ0n) is 16.5. The van der Waals surface area contributed by atoms with E-state index < -0.39 is 23.4 Å². The molecule has 0 aliphatic carbocycles. The molecule has 1 fully saturated rings. The Balaban J connectivity index is 1.44. The molecule has 0 aromatic heterocycles. The number of nitrogens with one attached hydrogen (secondary N) is 2. The zero-order chi connectivity index (χ0) is 21.5. The highest BCUT2D eigenvalue weighted by Gasteiger charge is 2.48. The third kappa shape index (κ3) is 3.85. The summed E-state index contributed by atoms with van der Waals surface area (Å²) in [7, 11) is 0. The van der Waals surface area contributed by atoms with Crippen LogP contribution in [0, 0.1) is 6.92 Å². The number of imide groups is 1. The van der Waals surface area contributed by atoms with Crippen LogP contribution in [0.25, 0.3) is 0 Å². The van der Waals surface area contributed by atoms with E-state index >= 15 is 0 Å². The van der Waals surface area contributed by atoms with E-state index in [1.165, 1.54) is 0 Å². The smallest absolute Gasteiger partial charge is 0.325 e. The Morgan fingerprint density at radius 1 is 1.20 bits per heavy atom. The molecule has 4 rings (SSSR count). The van der Waals surface area contributed by atoms with Crippen LogP contribution in [0.5, 0.6) is 11.5 Å². The van der Waals surface area contributed by atoms with E-state index in [1.807, 2.05) is 19.1 Å². The quantitative estimate of drug-likeness (QED) is 0.650. The molecule has 0 radical (unpaired) electrons. The summed E-state index contributed by atoms with van der Waals surface area (Å²) in [5.74, 6) is 0.352. The first-order chi connectivity index (χ1) is 14.2. The van der Waals surface area contributed by atoms with Crippen molar-refractivity contribution in [2.45, 2.75) is 25.8 Å².